The van der Waals surface area contributed by atoms with E-state index in [1.807, 2.05) is 0 Å². The lowest BCUT2D eigenvalue weighted by Gasteiger charge is -2.29. The number of carbonyl (C=O) groups is 4. The molecule has 2 aliphatic rings. The number of alkyl halides is 12. The number of esters is 3. The van der Waals surface area contributed by atoms with Gasteiger partial charge in [0.25, 0.3) is 16.4 Å². The van der Waals surface area contributed by atoms with Gasteiger partial charge in [0.15, 0.2) is 25.3 Å². The molecule has 0 bridgehead atoms. The van der Waals surface area contributed by atoms with E-state index >= 15 is 0 Å². The van der Waals surface area contributed by atoms with Gasteiger partial charge in [-0.05, 0) is 11.6 Å². The van der Waals surface area contributed by atoms with Crippen molar-refractivity contribution in [3.05, 3.63) is 24.8 Å². The van der Waals surface area contributed by atoms with Crippen LogP contribution in [-0.2, 0) is 42.9 Å². The average Bonchev–Trinajstić information content (AvgIpc) is 3.42. The molecule has 0 saturated carbocycles. The molecular formula is C24H23ClF14O10. The molecule has 2 rings (SSSR count). The Kier molecular flexibility index (Phi) is 15.5. The Morgan fingerprint density at radius 1 is 0.735 bits per heavy atom. The number of hydrogen-bond donors (Lipinski definition) is 1. The van der Waals surface area contributed by atoms with Gasteiger partial charge in [0.2, 0.25) is 12.1 Å². The summed E-state index contributed by atoms with van der Waals surface area (Å²) in [6.07, 6.45) is -26.9. The highest BCUT2D eigenvalue weighted by molar-refractivity contribution is 6.67. The topological polar surface area (TPSA) is 135 Å². The van der Waals surface area contributed by atoms with E-state index in [-0.39, 0.29) is 0 Å². The monoisotopic (exact) mass is 772 g/mol. The Balaban J connectivity index is 0.000000821. The summed E-state index contributed by atoms with van der Waals surface area (Å²) in [4.78, 5) is 43.3. The molecule has 0 amide bonds. The van der Waals surface area contributed by atoms with Crippen LogP contribution in [0.25, 0.3) is 0 Å². The van der Waals surface area contributed by atoms with Crippen LogP contribution in [-0.4, -0.2) is 90.0 Å². The average molecular weight is 773 g/mol. The summed E-state index contributed by atoms with van der Waals surface area (Å²) in [6, 6.07) is 0. The molecule has 6 atom stereocenters. The predicted octanol–water partition coefficient (Wildman–Crippen LogP) is 5.80. The molecule has 0 radical (unpaired) electrons. The number of hydrogen-bond acceptors (Lipinski definition) is 10. The molecule has 0 aromatic rings. The van der Waals surface area contributed by atoms with E-state index in [0.29, 0.717) is 0 Å². The summed E-state index contributed by atoms with van der Waals surface area (Å²) >= 11 is 4.50. The molecular weight excluding hydrogens is 750 g/mol. The summed E-state index contributed by atoms with van der Waals surface area (Å²) in [6.45, 7) is 2.98. The van der Waals surface area contributed by atoms with E-state index in [2.05, 4.69) is 48.4 Å². The molecule has 1 N–H and O–H groups in total. The number of halogens is 15. The summed E-state index contributed by atoms with van der Waals surface area (Å²) in [7, 11) is 0. The Hall–Kier alpha value is -3.25. The number of rotatable bonds is 7. The molecule has 2 heterocycles. The molecule has 10 nitrogen and oxygen atoms in total. The van der Waals surface area contributed by atoms with Crippen molar-refractivity contribution < 1.29 is 109 Å². The lowest BCUT2D eigenvalue weighted by Crippen LogP contribution is -2.53. The highest BCUT2D eigenvalue weighted by Gasteiger charge is 2.70. The molecule has 0 aliphatic carbocycles. The first-order valence-corrected chi connectivity index (χ1v) is 12.9. The van der Waals surface area contributed by atoms with Crippen LogP contribution < -0.4 is 0 Å². The van der Waals surface area contributed by atoms with Crippen LogP contribution in [0.2, 0.25) is 0 Å². The summed E-state index contributed by atoms with van der Waals surface area (Å²) in [5.74, 6) is -11.4. The molecule has 25 heteroatoms. The van der Waals surface area contributed by atoms with Crippen molar-refractivity contribution >= 4 is 34.8 Å². The van der Waals surface area contributed by atoms with E-state index < -0.39 is 121 Å². The minimum Gasteiger partial charge on any atom is -0.454 e. The van der Waals surface area contributed by atoms with E-state index in [1.165, 1.54) is 0 Å². The maximum Gasteiger partial charge on any atom is 0.428 e. The smallest absolute Gasteiger partial charge is 0.428 e. The van der Waals surface area contributed by atoms with Crippen molar-refractivity contribution in [2.75, 3.05) is 13.2 Å². The number of carbonyl (C=O) groups excluding carboxylic acids is 4. The lowest BCUT2D eigenvalue weighted by molar-refractivity contribution is -0.294. The molecule has 0 aromatic carbocycles. The van der Waals surface area contributed by atoms with Crippen molar-refractivity contribution in [2.24, 2.45) is 11.8 Å². The first-order chi connectivity index (χ1) is 21.7. The number of aliphatic hydroxyl groups is 1. The molecule has 2 aliphatic heterocycles. The van der Waals surface area contributed by atoms with Gasteiger partial charge in [-0.1, -0.05) is 27.0 Å². The number of aliphatic hydroxyl groups excluding tert-OH is 1. The normalized spacial score (nSPS) is 27.1. The van der Waals surface area contributed by atoms with E-state index in [0.717, 1.165) is 13.8 Å². The summed E-state index contributed by atoms with van der Waals surface area (Å²) in [5, 5.41) is 7.99. The largest absolute Gasteiger partial charge is 0.454 e. The van der Waals surface area contributed by atoms with Crippen LogP contribution in [0.3, 0.4) is 0 Å². The Labute approximate surface area is 269 Å². The quantitative estimate of drug-likeness (QED) is 0.111. The van der Waals surface area contributed by atoms with Crippen molar-refractivity contribution in [3.8, 4) is 0 Å². The molecule has 0 spiro atoms. The lowest BCUT2D eigenvalue weighted by atomic mass is 9.94. The number of allylic oxidation sites excluding steroid dienone is 1. The minimum absolute atomic E-state index is 1.01. The Bertz CT molecular complexity index is 1210. The molecule has 2 fully saturated rings. The Morgan fingerprint density at radius 2 is 1.08 bits per heavy atom. The zero-order chi connectivity index (χ0) is 39.1. The van der Waals surface area contributed by atoms with Crippen molar-refractivity contribution in [2.45, 2.75) is 75.2 Å². The van der Waals surface area contributed by atoms with Crippen LogP contribution in [0, 0.1) is 11.8 Å². The third kappa shape index (κ3) is 13.2. The van der Waals surface area contributed by atoms with Gasteiger partial charge in [0, 0.05) is 24.7 Å². The van der Waals surface area contributed by atoms with Crippen molar-refractivity contribution in [1.82, 2.24) is 0 Å². The van der Waals surface area contributed by atoms with Gasteiger partial charge in [-0.3, -0.25) is 4.79 Å². The van der Waals surface area contributed by atoms with E-state index in [4.69, 9.17) is 5.11 Å². The zero-order valence-electron chi connectivity index (χ0n) is 24.3. The maximum absolute atomic E-state index is 13.2. The molecule has 0 aromatic heterocycles. The molecule has 2 saturated heterocycles. The fourth-order valence-corrected chi connectivity index (χ4v) is 3.53. The van der Waals surface area contributed by atoms with Crippen molar-refractivity contribution in [1.29, 1.82) is 0 Å². The van der Waals surface area contributed by atoms with Crippen LogP contribution in [0.1, 0.15) is 26.7 Å². The van der Waals surface area contributed by atoms with Crippen LogP contribution in [0.15, 0.2) is 24.8 Å². The fourth-order valence-electron chi connectivity index (χ4n) is 3.53. The summed E-state index contributed by atoms with van der Waals surface area (Å²) < 4.78 is 193. The van der Waals surface area contributed by atoms with Gasteiger partial charge < -0.3 is 28.8 Å². The van der Waals surface area contributed by atoms with Crippen LogP contribution in [0.5, 0.6) is 0 Å². The fraction of sp³-hybridized carbons (Fsp3) is 0.667. The first-order valence-electron chi connectivity index (χ1n) is 12.5. The van der Waals surface area contributed by atoms with E-state index in [1.54, 1.807) is 0 Å². The van der Waals surface area contributed by atoms with Gasteiger partial charge in [-0.25, -0.2) is 18.8 Å². The van der Waals surface area contributed by atoms with Gasteiger partial charge >= 0.3 is 42.6 Å². The second kappa shape index (κ2) is 16.6. The Morgan fingerprint density at radius 3 is 1.35 bits per heavy atom. The minimum atomic E-state index is -5.46. The third-order valence-electron chi connectivity index (χ3n) is 5.78. The van der Waals surface area contributed by atoms with Gasteiger partial charge in [-0.2, -0.15) is 57.1 Å². The first kappa shape index (κ1) is 45.8. The van der Waals surface area contributed by atoms with Gasteiger partial charge in [0.05, 0.1) is 0 Å². The van der Waals surface area contributed by atoms with Crippen LogP contribution >= 0.6 is 11.6 Å². The molecule has 49 heavy (non-hydrogen) atoms. The standard InChI is InChI=1S/C12H11F7O5.C9H10F6O4.C3H2ClFO/c1-5-3-10(12(17,18)19,9(21)22-4-11(14,15)16)24-8(5)23-7(20)6(2)13;1-4-2-7(9(13,14)15,19-5(4)16)6(17)18-3-8(10,11)12;1-2(5)3(4)6/h5,8H,2-4H2,1H3;4-5,16H,2-3H2,1H3;1H2. The second-order valence-corrected chi connectivity index (χ2v) is 10.2. The van der Waals surface area contributed by atoms with E-state index in [9.17, 15) is 80.6 Å². The van der Waals surface area contributed by atoms with Crippen LogP contribution in [0.4, 0.5) is 61.5 Å². The molecule has 284 valence electrons. The second-order valence-electron chi connectivity index (χ2n) is 9.88. The highest BCUT2D eigenvalue weighted by atomic mass is 35.5. The van der Waals surface area contributed by atoms with Gasteiger partial charge in [-0.15, -0.1) is 0 Å². The number of ether oxygens (including phenoxy) is 5. The zero-order valence-corrected chi connectivity index (χ0v) is 25.1. The predicted molar refractivity (Wildman–Crippen MR) is 129 cm³/mol. The summed E-state index contributed by atoms with van der Waals surface area (Å²) in [5.41, 5.74) is -7.32. The SMILES string of the molecule is C=C(F)C(=O)Cl.C=C(F)C(=O)OC1OC(C(=O)OCC(F)(F)F)(C(F)(F)F)CC1C.CC1CC(C(=O)OCC(F)(F)F)(C(F)(F)F)OC1O. The molecule has 6 unspecified atom stereocenters. The third-order valence-corrected chi connectivity index (χ3v) is 5.98. The maximum atomic E-state index is 13.2. The highest BCUT2D eigenvalue weighted by Crippen LogP contribution is 2.48. The van der Waals surface area contributed by atoms with Gasteiger partial charge in [0.1, 0.15) is 0 Å². The van der Waals surface area contributed by atoms with Crippen molar-refractivity contribution in [3.63, 3.8) is 0 Å².